The third-order valence-corrected chi connectivity index (χ3v) is 4.48. The number of thiophene rings is 1. The van der Waals surface area contributed by atoms with Crippen LogP contribution in [0.3, 0.4) is 0 Å². The van der Waals surface area contributed by atoms with E-state index in [0.717, 1.165) is 18.0 Å². The first kappa shape index (κ1) is 12.6. The summed E-state index contributed by atoms with van der Waals surface area (Å²) in [7, 11) is 0. The molecular formula is C13H19NO2S. The highest BCUT2D eigenvalue weighted by Gasteiger charge is 2.40. The minimum Gasteiger partial charge on any atom is -0.477 e. The lowest BCUT2D eigenvalue weighted by Crippen LogP contribution is -2.23. The van der Waals surface area contributed by atoms with Gasteiger partial charge in [0.15, 0.2) is 0 Å². The van der Waals surface area contributed by atoms with Gasteiger partial charge in [-0.2, -0.15) is 0 Å². The van der Waals surface area contributed by atoms with Crippen LogP contribution in [-0.2, 0) is 6.54 Å². The normalized spacial score (nSPS) is 17.0. The third-order valence-electron chi connectivity index (χ3n) is 3.41. The first-order valence-corrected chi connectivity index (χ1v) is 7.00. The van der Waals surface area contributed by atoms with Gasteiger partial charge in [-0.1, -0.05) is 13.3 Å². The standard InChI is InChI=1S/C13H19NO2S/c1-2-5-13(6-7-13)9-14-8-10-3-4-11(17-10)12(15)16/h3-4,14H,2,5-9H2,1H3,(H,15,16). The van der Waals surface area contributed by atoms with Crippen molar-refractivity contribution in [3.63, 3.8) is 0 Å². The van der Waals surface area contributed by atoms with Crippen LogP contribution in [0.4, 0.5) is 0 Å². The summed E-state index contributed by atoms with van der Waals surface area (Å²) in [6.45, 7) is 4.10. The van der Waals surface area contributed by atoms with Crippen LogP contribution < -0.4 is 5.32 Å². The lowest BCUT2D eigenvalue weighted by Gasteiger charge is -2.14. The molecule has 1 fully saturated rings. The fourth-order valence-corrected chi connectivity index (χ4v) is 3.08. The average molecular weight is 253 g/mol. The second kappa shape index (κ2) is 5.19. The molecule has 0 bridgehead atoms. The van der Waals surface area contributed by atoms with Gasteiger partial charge in [-0.3, -0.25) is 0 Å². The number of nitrogens with one attached hydrogen (secondary N) is 1. The largest absolute Gasteiger partial charge is 0.477 e. The third kappa shape index (κ3) is 3.30. The lowest BCUT2D eigenvalue weighted by atomic mass is 10.0. The molecule has 0 amide bonds. The average Bonchev–Trinajstić information content (AvgIpc) is 2.88. The van der Waals surface area contributed by atoms with E-state index in [1.165, 1.54) is 37.0 Å². The maximum atomic E-state index is 10.7. The monoisotopic (exact) mass is 253 g/mol. The molecule has 0 spiro atoms. The van der Waals surface area contributed by atoms with Crippen molar-refractivity contribution in [2.45, 2.75) is 39.2 Å². The molecule has 0 saturated heterocycles. The summed E-state index contributed by atoms with van der Waals surface area (Å²) in [4.78, 5) is 12.3. The molecule has 1 aromatic heterocycles. The molecule has 0 radical (unpaired) electrons. The number of hydrogen-bond acceptors (Lipinski definition) is 3. The van der Waals surface area contributed by atoms with Crippen molar-refractivity contribution in [1.82, 2.24) is 5.32 Å². The molecule has 4 heteroatoms. The fourth-order valence-electron chi connectivity index (χ4n) is 2.26. The number of aromatic carboxylic acids is 1. The maximum absolute atomic E-state index is 10.7. The summed E-state index contributed by atoms with van der Waals surface area (Å²) in [5.74, 6) is -0.828. The van der Waals surface area contributed by atoms with E-state index >= 15 is 0 Å². The zero-order chi connectivity index (χ0) is 12.3. The first-order chi connectivity index (χ1) is 8.15. The summed E-state index contributed by atoms with van der Waals surface area (Å²) in [5.41, 5.74) is 0.557. The Morgan fingerprint density at radius 1 is 1.53 bits per heavy atom. The Morgan fingerprint density at radius 3 is 2.82 bits per heavy atom. The first-order valence-electron chi connectivity index (χ1n) is 6.18. The van der Waals surface area contributed by atoms with Crippen LogP contribution in [0.15, 0.2) is 12.1 Å². The Morgan fingerprint density at radius 2 is 2.29 bits per heavy atom. The van der Waals surface area contributed by atoms with E-state index in [2.05, 4.69) is 12.2 Å². The van der Waals surface area contributed by atoms with E-state index in [9.17, 15) is 4.79 Å². The molecule has 1 aromatic rings. The molecule has 17 heavy (non-hydrogen) atoms. The molecule has 3 nitrogen and oxygen atoms in total. The van der Waals surface area contributed by atoms with Gasteiger partial charge in [-0.05, 0) is 36.8 Å². The molecule has 0 aromatic carbocycles. The molecule has 0 aliphatic heterocycles. The van der Waals surface area contributed by atoms with Gasteiger partial charge < -0.3 is 10.4 Å². The Bertz CT molecular complexity index is 396. The second-order valence-electron chi connectivity index (χ2n) is 4.92. The zero-order valence-corrected chi connectivity index (χ0v) is 11.0. The van der Waals surface area contributed by atoms with Crippen molar-refractivity contribution < 1.29 is 9.90 Å². The SMILES string of the molecule is CCCC1(CNCc2ccc(C(=O)O)s2)CC1. The highest BCUT2D eigenvalue weighted by Crippen LogP contribution is 2.48. The quantitative estimate of drug-likeness (QED) is 0.785. The zero-order valence-electron chi connectivity index (χ0n) is 10.2. The number of hydrogen-bond donors (Lipinski definition) is 2. The van der Waals surface area contributed by atoms with E-state index in [1.807, 2.05) is 6.07 Å². The predicted molar refractivity (Wildman–Crippen MR) is 69.6 cm³/mol. The molecule has 2 rings (SSSR count). The van der Waals surface area contributed by atoms with Gasteiger partial charge in [0.1, 0.15) is 4.88 Å². The predicted octanol–water partition coefficient (Wildman–Crippen LogP) is 3.12. The van der Waals surface area contributed by atoms with Gasteiger partial charge in [0.25, 0.3) is 0 Å². The molecule has 0 unspecified atom stereocenters. The van der Waals surface area contributed by atoms with Crippen molar-refractivity contribution >= 4 is 17.3 Å². The summed E-state index contributed by atoms with van der Waals surface area (Å²) >= 11 is 1.36. The Kier molecular flexibility index (Phi) is 3.84. The van der Waals surface area contributed by atoms with Crippen LogP contribution in [0.2, 0.25) is 0 Å². The number of carbonyl (C=O) groups is 1. The molecule has 1 saturated carbocycles. The summed E-state index contributed by atoms with van der Waals surface area (Å²) in [6, 6.07) is 3.59. The van der Waals surface area contributed by atoms with Crippen LogP contribution in [0.5, 0.6) is 0 Å². The van der Waals surface area contributed by atoms with E-state index in [4.69, 9.17) is 5.11 Å². The number of rotatable bonds is 7. The van der Waals surface area contributed by atoms with Crippen molar-refractivity contribution in [1.29, 1.82) is 0 Å². The minimum atomic E-state index is -0.828. The molecule has 0 atom stereocenters. The molecule has 94 valence electrons. The van der Waals surface area contributed by atoms with Gasteiger partial charge in [0.05, 0.1) is 0 Å². The molecule has 2 N–H and O–H groups in total. The van der Waals surface area contributed by atoms with Crippen molar-refractivity contribution in [3.05, 3.63) is 21.9 Å². The Labute approximate surface area is 106 Å². The summed E-state index contributed by atoms with van der Waals surface area (Å²) in [5, 5.41) is 12.3. The summed E-state index contributed by atoms with van der Waals surface area (Å²) in [6.07, 6.45) is 5.26. The highest BCUT2D eigenvalue weighted by atomic mass is 32.1. The Hall–Kier alpha value is -0.870. The van der Waals surface area contributed by atoms with E-state index in [1.54, 1.807) is 6.07 Å². The van der Waals surface area contributed by atoms with Gasteiger partial charge >= 0.3 is 5.97 Å². The topological polar surface area (TPSA) is 49.3 Å². The van der Waals surface area contributed by atoms with E-state index in [0.29, 0.717) is 10.3 Å². The second-order valence-corrected chi connectivity index (χ2v) is 6.09. The van der Waals surface area contributed by atoms with Crippen LogP contribution in [0.1, 0.15) is 47.2 Å². The summed E-state index contributed by atoms with van der Waals surface area (Å²) < 4.78 is 0. The smallest absolute Gasteiger partial charge is 0.345 e. The molecule has 1 heterocycles. The molecule has 1 aliphatic rings. The number of carboxylic acid groups (broad SMARTS) is 1. The fraction of sp³-hybridized carbons (Fsp3) is 0.615. The Balaban J connectivity index is 1.76. The van der Waals surface area contributed by atoms with Gasteiger partial charge in [-0.15, -0.1) is 11.3 Å². The van der Waals surface area contributed by atoms with Crippen molar-refractivity contribution in [3.8, 4) is 0 Å². The molecule has 1 aliphatic carbocycles. The van der Waals surface area contributed by atoms with E-state index < -0.39 is 5.97 Å². The highest BCUT2D eigenvalue weighted by molar-refractivity contribution is 7.13. The van der Waals surface area contributed by atoms with Crippen LogP contribution in [0.25, 0.3) is 0 Å². The minimum absolute atomic E-state index is 0.427. The van der Waals surface area contributed by atoms with Gasteiger partial charge in [-0.25, -0.2) is 4.79 Å². The lowest BCUT2D eigenvalue weighted by molar-refractivity contribution is 0.0702. The van der Waals surface area contributed by atoms with Crippen molar-refractivity contribution in [2.24, 2.45) is 5.41 Å². The maximum Gasteiger partial charge on any atom is 0.345 e. The van der Waals surface area contributed by atoms with Gasteiger partial charge in [0, 0.05) is 18.0 Å². The van der Waals surface area contributed by atoms with Crippen LogP contribution in [-0.4, -0.2) is 17.6 Å². The van der Waals surface area contributed by atoms with Crippen molar-refractivity contribution in [2.75, 3.05) is 6.54 Å². The molecular weight excluding hydrogens is 234 g/mol. The number of carboxylic acids is 1. The van der Waals surface area contributed by atoms with E-state index in [-0.39, 0.29) is 0 Å². The van der Waals surface area contributed by atoms with Gasteiger partial charge in [0.2, 0.25) is 0 Å². The van der Waals surface area contributed by atoms with Crippen LogP contribution >= 0.6 is 11.3 Å². The van der Waals surface area contributed by atoms with Crippen LogP contribution in [0, 0.1) is 5.41 Å².